The Labute approximate surface area is 498 Å². The molecule has 2 atom stereocenters. The molecule has 0 aliphatic heterocycles. The Morgan fingerprint density at radius 2 is 0.667 bits per heavy atom. The Morgan fingerprint density at radius 1 is 0.370 bits per heavy atom. The van der Waals surface area contributed by atoms with Gasteiger partial charge in [0.05, 0.1) is 34.4 Å². The Balaban J connectivity index is 4.06. The number of allylic oxidation sites excluding steroid dienone is 18. The van der Waals surface area contributed by atoms with Gasteiger partial charge >= 0.3 is 17.9 Å². The molecule has 0 saturated carbocycles. The number of esters is 2. The standard InChI is InChI=1S/C72H123NO8/c1-6-8-10-12-14-16-18-20-22-24-26-27-28-29-30-31-32-33-34-35-36-37-38-39-40-41-42-43-45-46-48-50-52-54-56-58-60-62-69(74)79-66-68(67-80-72(71(76)77)78-65-64-73(3,4)5)81-70(75)63-61-59-57-55-53-51-49-47-44-25-23-21-19-17-15-13-11-9-7-2/h8-11,14-17,20-23,26-27,44,47,51,53,68,72H,6-7,12-13,18-19,24-25,28-43,45-46,48-50,52,54-67H2,1-5H3/p+1/b10-8-,11-9-,16-14-,17-15-,22-20-,23-21-,27-26-,47-44-,53-51-. The van der Waals surface area contributed by atoms with Crippen molar-refractivity contribution in [1.82, 2.24) is 0 Å². The minimum Gasteiger partial charge on any atom is -0.477 e. The smallest absolute Gasteiger partial charge is 0.361 e. The minimum atomic E-state index is -1.52. The first-order valence-corrected chi connectivity index (χ1v) is 33.1. The number of carbonyl (C=O) groups is 3. The van der Waals surface area contributed by atoms with Crippen LogP contribution in [0.4, 0.5) is 0 Å². The second-order valence-electron chi connectivity index (χ2n) is 23.0. The lowest BCUT2D eigenvalue weighted by molar-refractivity contribution is -0.870. The molecule has 0 aliphatic rings. The summed E-state index contributed by atoms with van der Waals surface area (Å²) in [5.74, 6) is -2.05. The third kappa shape index (κ3) is 63.4. The average molecular weight is 1130 g/mol. The molecule has 0 fully saturated rings. The van der Waals surface area contributed by atoms with Crippen LogP contribution in [0, 0.1) is 0 Å². The van der Waals surface area contributed by atoms with Crippen LogP contribution in [0.5, 0.6) is 0 Å². The molecule has 0 rings (SSSR count). The fraction of sp³-hybridized carbons (Fsp3) is 0.708. The molecular weight excluding hydrogens is 1010 g/mol. The first kappa shape index (κ1) is 77.0. The molecule has 0 aliphatic carbocycles. The van der Waals surface area contributed by atoms with E-state index >= 15 is 0 Å². The number of hydrogen-bond donors (Lipinski definition) is 1. The quantitative estimate of drug-likeness (QED) is 0.0211. The summed E-state index contributed by atoms with van der Waals surface area (Å²) in [7, 11) is 5.96. The lowest BCUT2D eigenvalue weighted by atomic mass is 10.0. The molecule has 9 heteroatoms. The van der Waals surface area contributed by atoms with Crippen LogP contribution < -0.4 is 0 Å². The van der Waals surface area contributed by atoms with Crippen LogP contribution >= 0.6 is 0 Å². The van der Waals surface area contributed by atoms with Gasteiger partial charge in [-0.2, -0.15) is 0 Å². The average Bonchev–Trinajstić information content (AvgIpc) is 3.44. The van der Waals surface area contributed by atoms with Crippen LogP contribution in [0.25, 0.3) is 0 Å². The van der Waals surface area contributed by atoms with E-state index in [0.29, 0.717) is 23.9 Å². The normalized spacial score (nSPS) is 13.4. The molecule has 0 aromatic heterocycles. The Bertz CT molecular complexity index is 1700. The van der Waals surface area contributed by atoms with Crippen LogP contribution in [-0.4, -0.2) is 87.4 Å². The van der Waals surface area contributed by atoms with Crippen molar-refractivity contribution >= 4 is 17.9 Å². The van der Waals surface area contributed by atoms with E-state index in [9.17, 15) is 19.5 Å². The van der Waals surface area contributed by atoms with E-state index in [1.54, 1.807) is 0 Å². The van der Waals surface area contributed by atoms with Crippen molar-refractivity contribution < 1.29 is 42.9 Å². The SMILES string of the molecule is CC/C=C\C/C=C\C/C=C\C/C=C\C/C=C\CCCCCC(=O)OC(COC(=O)CCCCCCCCCCCCCCCCCCCCCCCCCC/C=C\C/C=C\C/C=C\C/C=C\CC)COC(OCC[N+](C)(C)C)C(=O)O. The summed E-state index contributed by atoms with van der Waals surface area (Å²) in [4.78, 5) is 37.5. The van der Waals surface area contributed by atoms with Gasteiger partial charge in [-0.3, -0.25) is 9.59 Å². The maximum absolute atomic E-state index is 12.9. The van der Waals surface area contributed by atoms with E-state index < -0.39 is 24.3 Å². The van der Waals surface area contributed by atoms with Crippen LogP contribution in [0.2, 0.25) is 0 Å². The molecule has 0 radical (unpaired) electrons. The summed E-state index contributed by atoms with van der Waals surface area (Å²) < 4.78 is 22.9. The molecule has 1 N–H and O–H groups in total. The molecule has 0 amide bonds. The Kier molecular flexibility index (Phi) is 58.9. The summed E-state index contributed by atoms with van der Waals surface area (Å²) in [5.41, 5.74) is 0. The number of likely N-dealkylation sites (N-methyl/N-ethyl adjacent to an activating group) is 1. The second-order valence-corrected chi connectivity index (χ2v) is 23.0. The van der Waals surface area contributed by atoms with Crippen molar-refractivity contribution in [2.75, 3.05) is 47.5 Å². The maximum Gasteiger partial charge on any atom is 0.361 e. The fourth-order valence-electron chi connectivity index (χ4n) is 9.03. The molecule has 0 aromatic carbocycles. The third-order valence-corrected chi connectivity index (χ3v) is 14.0. The molecule has 0 saturated heterocycles. The molecule has 9 nitrogen and oxygen atoms in total. The van der Waals surface area contributed by atoms with E-state index in [4.69, 9.17) is 18.9 Å². The number of hydrogen-bond acceptors (Lipinski definition) is 7. The van der Waals surface area contributed by atoms with E-state index in [1.807, 2.05) is 21.1 Å². The van der Waals surface area contributed by atoms with Crippen molar-refractivity contribution in [3.8, 4) is 0 Å². The van der Waals surface area contributed by atoms with Gasteiger partial charge in [0.15, 0.2) is 6.10 Å². The lowest BCUT2D eigenvalue weighted by Gasteiger charge is -2.25. The van der Waals surface area contributed by atoms with Gasteiger partial charge < -0.3 is 28.5 Å². The molecular formula is C72H124NO8+. The zero-order valence-electron chi connectivity index (χ0n) is 52.9. The van der Waals surface area contributed by atoms with Gasteiger partial charge in [-0.15, -0.1) is 0 Å². The van der Waals surface area contributed by atoms with E-state index in [1.165, 1.54) is 141 Å². The summed E-state index contributed by atoms with van der Waals surface area (Å²) in [6, 6.07) is 0. The number of carboxylic acid groups (broad SMARTS) is 1. The molecule has 0 bridgehead atoms. The van der Waals surface area contributed by atoms with Crippen molar-refractivity contribution in [2.45, 2.75) is 283 Å². The number of aliphatic carboxylic acids is 1. The number of nitrogens with zero attached hydrogens (tertiary/aromatic N) is 1. The van der Waals surface area contributed by atoms with Gasteiger partial charge in [0.2, 0.25) is 0 Å². The maximum atomic E-state index is 12.9. The summed E-state index contributed by atoms with van der Waals surface area (Å²) in [6.07, 6.45) is 83.5. The topological polar surface area (TPSA) is 108 Å². The Morgan fingerprint density at radius 3 is 1.00 bits per heavy atom. The summed E-state index contributed by atoms with van der Waals surface area (Å²) in [6.45, 7) is 4.62. The second kappa shape index (κ2) is 62.0. The third-order valence-electron chi connectivity index (χ3n) is 14.0. The minimum absolute atomic E-state index is 0.177. The molecule has 2 unspecified atom stereocenters. The lowest BCUT2D eigenvalue weighted by Crippen LogP contribution is -2.40. The fourth-order valence-corrected chi connectivity index (χ4v) is 9.03. The van der Waals surface area contributed by atoms with Crippen molar-refractivity contribution in [3.05, 3.63) is 109 Å². The largest absolute Gasteiger partial charge is 0.477 e. The monoisotopic (exact) mass is 1130 g/mol. The van der Waals surface area contributed by atoms with Crippen LogP contribution in [0.15, 0.2) is 109 Å². The van der Waals surface area contributed by atoms with E-state index in [0.717, 1.165) is 96.3 Å². The van der Waals surface area contributed by atoms with Crippen molar-refractivity contribution in [1.29, 1.82) is 0 Å². The zero-order valence-corrected chi connectivity index (χ0v) is 52.9. The number of carboxylic acids is 1. The van der Waals surface area contributed by atoms with Crippen LogP contribution in [0.3, 0.4) is 0 Å². The van der Waals surface area contributed by atoms with Crippen LogP contribution in [-0.2, 0) is 33.3 Å². The number of quaternary nitrogens is 1. The number of unbranched alkanes of at least 4 members (excludes halogenated alkanes) is 27. The number of ether oxygens (including phenoxy) is 4. The molecule has 0 aromatic rings. The predicted molar refractivity (Wildman–Crippen MR) is 345 cm³/mol. The highest BCUT2D eigenvalue weighted by Crippen LogP contribution is 2.17. The van der Waals surface area contributed by atoms with E-state index in [-0.39, 0.29) is 32.2 Å². The molecule has 464 valence electrons. The Hall–Kier alpha value is -4.05. The highest BCUT2D eigenvalue weighted by Gasteiger charge is 2.25. The first-order chi connectivity index (χ1) is 39.6. The number of carbonyl (C=O) groups excluding carboxylic acids is 2. The molecule has 0 spiro atoms. The molecule has 0 heterocycles. The summed E-state index contributed by atoms with van der Waals surface area (Å²) >= 11 is 0. The van der Waals surface area contributed by atoms with Crippen molar-refractivity contribution in [3.63, 3.8) is 0 Å². The predicted octanol–water partition coefficient (Wildman–Crippen LogP) is 20.2. The first-order valence-electron chi connectivity index (χ1n) is 33.1. The highest BCUT2D eigenvalue weighted by atomic mass is 16.7. The van der Waals surface area contributed by atoms with Gasteiger partial charge in [0, 0.05) is 12.8 Å². The highest BCUT2D eigenvalue weighted by molar-refractivity contribution is 5.71. The van der Waals surface area contributed by atoms with Gasteiger partial charge in [-0.1, -0.05) is 271 Å². The van der Waals surface area contributed by atoms with Gasteiger partial charge in [-0.25, -0.2) is 4.79 Å². The molecule has 81 heavy (non-hydrogen) atoms. The summed E-state index contributed by atoms with van der Waals surface area (Å²) in [5, 5.41) is 9.72. The van der Waals surface area contributed by atoms with Crippen LogP contribution in [0.1, 0.15) is 271 Å². The zero-order chi connectivity index (χ0) is 59.1. The van der Waals surface area contributed by atoms with Crippen molar-refractivity contribution in [2.24, 2.45) is 0 Å². The van der Waals surface area contributed by atoms with Gasteiger partial charge in [-0.05, 0) is 96.3 Å². The van der Waals surface area contributed by atoms with Gasteiger partial charge in [0.1, 0.15) is 13.2 Å². The number of rotatable bonds is 60. The van der Waals surface area contributed by atoms with E-state index in [2.05, 4.69) is 123 Å². The van der Waals surface area contributed by atoms with Gasteiger partial charge in [0.25, 0.3) is 6.29 Å².